The van der Waals surface area contributed by atoms with Crippen LogP contribution in [0.15, 0.2) is 24.3 Å². The molecule has 0 saturated carbocycles. The lowest BCUT2D eigenvalue weighted by atomic mass is 10.0. The van der Waals surface area contributed by atoms with Crippen molar-refractivity contribution in [1.82, 2.24) is 0 Å². The summed E-state index contributed by atoms with van der Waals surface area (Å²) in [6, 6.07) is 6.21. The van der Waals surface area contributed by atoms with Crippen LogP contribution in [-0.2, 0) is 0 Å². The van der Waals surface area contributed by atoms with Gasteiger partial charge in [0.2, 0.25) is 11.5 Å². The molecule has 44 heavy (non-hydrogen) atoms. The number of benzene rings is 3. The zero-order valence-electron chi connectivity index (χ0n) is 26.1. The second kappa shape index (κ2) is 15.4. The van der Waals surface area contributed by atoms with Crippen molar-refractivity contribution in [2.75, 3.05) is 28.4 Å². The molecule has 2 unspecified atom stereocenters. The predicted molar refractivity (Wildman–Crippen MR) is 164 cm³/mol. The maximum absolute atomic E-state index is 15.1. The molecular weight excluding hydrogens is 580 g/mol. The highest BCUT2D eigenvalue weighted by atomic mass is 19.2. The van der Waals surface area contributed by atoms with Crippen LogP contribution < -0.4 is 28.4 Å². The van der Waals surface area contributed by atoms with Crippen LogP contribution >= 0.6 is 0 Å². The zero-order valence-corrected chi connectivity index (χ0v) is 26.1. The first-order chi connectivity index (χ1) is 21.0. The molecule has 0 aliphatic heterocycles. The van der Waals surface area contributed by atoms with Gasteiger partial charge in [0.05, 0.1) is 51.8 Å². The first-order valence-electron chi connectivity index (χ1n) is 14.1. The smallest absolute Gasteiger partial charge is 0.203 e. The molecule has 3 aromatic carbocycles. The Balaban J connectivity index is 2.00. The van der Waals surface area contributed by atoms with Gasteiger partial charge in [-0.15, -0.1) is 0 Å². The molecule has 0 aliphatic carbocycles. The van der Waals surface area contributed by atoms with E-state index in [1.807, 2.05) is 27.7 Å². The summed E-state index contributed by atoms with van der Waals surface area (Å²) >= 11 is 0. The van der Waals surface area contributed by atoms with Crippen molar-refractivity contribution in [2.45, 2.75) is 52.7 Å². The lowest BCUT2D eigenvalue weighted by Gasteiger charge is -2.19. The third-order valence-electron chi connectivity index (χ3n) is 6.97. The Bertz CT molecular complexity index is 1330. The molecule has 0 N–H and O–H groups in total. The highest BCUT2D eigenvalue weighted by Gasteiger charge is 2.23. The summed E-state index contributed by atoms with van der Waals surface area (Å²) < 4.78 is 93.9. The molecule has 0 aliphatic rings. The lowest BCUT2D eigenvalue weighted by Crippen LogP contribution is -2.11. The van der Waals surface area contributed by atoms with E-state index in [9.17, 15) is 0 Å². The van der Waals surface area contributed by atoms with E-state index in [4.69, 9.17) is 28.4 Å². The summed E-state index contributed by atoms with van der Waals surface area (Å²) in [4.78, 5) is 0. The van der Waals surface area contributed by atoms with Gasteiger partial charge in [-0.2, -0.15) is 0 Å². The van der Waals surface area contributed by atoms with E-state index >= 15 is 17.6 Å². The number of ether oxygens (including phenoxy) is 6. The summed E-state index contributed by atoms with van der Waals surface area (Å²) in [7, 11) is 5.74. The standard InChI is InChI=1S/C34H38F4O6/c1-9-19(3)43-33-25(39-5)15-21(16-26(33)40-6)11-13-23-29(35)31(37)24(32(38)30(23)36)14-12-22-17-27(41-7)34(28(18-22)42-8)44-20(4)10-2/h11-20H,9-10H2,1-8H3/b13-11+,14-12+. The summed E-state index contributed by atoms with van der Waals surface area (Å²) in [6.07, 6.45) is 5.67. The summed E-state index contributed by atoms with van der Waals surface area (Å²) in [5, 5.41) is 0. The van der Waals surface area contributed by atoms with E-state index < -0.39 is 34.4 Å². The maximum Gasteiger partial charge on any atom is 0.203 e. The molecule has 2 atom stereocenters. The lowest BCUT2D eigenvalue weighted by molar-refractivity contribution is 0.198. The molecule has 0 fully saturated rings. The number of rotatable bonds is 14. The van der Waals surface area contributed by atoms with Crippen molar-refractivity contribution < 1.29 is 46.0 Å². The fraction of sp³-hybridized carbons (Fsp3) is 0.353. The van der Waals surface area contributed by atoms with E-state index in [2.05, 4.69) is 0 Å². The van der Waals surface area contributed by atoms with Crippen LogP contribution in [0.3, 0.4) is 0 Å². The minimum atomic E-state index is -1.55. The van der Waals surface area contributed by atoms with E-state index in [0.29, 0.717) is 45.6 Å². The van der Waals surface area contributed by atoms with Crippen LogP contribution in [0.25, 0.3) is 24.3 Å². The first-order valence-corrected chi connectivity index (χ1v) is 14.1. The fourth-order valence-electron chi connectivity index (χ4n) is 4.11. The highest BCUT2D eigenvalue weighted by Crippen LogP contribution is 2.41. The Kier molecular flexibility index (Phi) is 12.0. The van der Waals surface area contributed by atoms with Gasteiger partial charge >= 0.3 is 0 Å². The maximum atomic E-state index is 15.1. The van der Waals surface area contributed by atoms with E-state index in [1.165, 1.54) is 40.6 Å². The van der Waals surface area contributed by atoms with Gasteiger partial charge in [0.15, 0.2) is 46.3 Å². The second-order valence-corrected chi connectivity index (χ2v) is 9.93. The van der Waals surface area contributed by atoms with Gasteiger partial charge in [-0.1, -0.05) is 26.0 Å². The normalized spacial score (nSPS) is 12.8. The van der Waals surface area contributed by atoms with Crippen molar-refractivity contribution >= 4 is 24.3 Å². The zero-order chi connectivity index (χ0) is 32.6. The second-order valence-electron chi connectivity index (χ2n) is 9.93. The van der Waals surface area contributed by atoms with Crippen molar-refractivity contribution in [3.8, 4) is 34.5 Å². The number of halogens is 4. The van der Waals surface area contributed by atoms with Crippen molar-refractivity contribution in [1.29, 1.82) is 0 Å². The van der Waals surface area contributed by atoms with Gasteiger partial charge in [-0.3, -0.25) is 0 Å². The van der Waals surface area contributed by atoms with Crippen LogP contribution in [0, 0.1) is 23.3 Å². The van der Waals surface area contributed by atoms with Crippen LogP contribution in [0.4, 0.5) is 17.6 Å². The SMILES string of the molecule is CCC(C)Oc1c(OC)cc(/C=C/c2c(F)c(F)c(/C=C/c3cc(OC)c(OC(C)CC)c(OC)c3)c(F)c2F)cc1OC. The van der Waals surface area contributed by atoms with Crippen LogP contribution in [-0.4, -0.2) is 40.6 Å². The van der Waals surface area contributed by atoms with Crippen molar-refractivity contribution in [3.05, 3.63) is 69.8 Å². The minimum absolute atomic E-state index is 0.132. The number of hydrogen-bond acceptors (Lipinski definition) is 6. The third-order valence-corrected chi connectivity index (χ3v) is 6.97. The molecule has 0 saturated heterocycles. The van der Waals surface area contributed by atoms with Gasteiger partial charge in [-0.25, -0.2) is 17.6 Å². The molecule has 0 spiro atoms. The van der Waals surface area contributed by atoms with Gasteiger partial charge in [0.25, 0.3) is 0 Å². The average molecular weight is 619 g/mol. The highest BCUT2D eigenvalue weighted by molar-refractivity contribution is 5.76. The molecule has 0 amide bonds. The molecule has 0 bridgehead atoms. The Morgan fingerprint density at radius 1 is 0.523 bits per heavy atom. The average Bonchev–Trinajstić information content (AvgIpc) is 3.03. The van der Waals surface area contributed by atoms with Gasteiger partial charge < -0.3 is 28.4 Å². The van der Waals surface area contributed by atoms with Crippen molar-refractivity contribution in [2.24, 2.45) is 0 Å². The monoisotopic (exact) mass is 618 g/mol. The quantitative estimate of drug-likeness (QED) is 0.102. The van der Waals surface area contributed by atoms with Gasteiger partial charge in [0.1, 0.15) is 0 Å². The summed E-state index contributed by atoms with van der Waals surface area (Å²) in [5.41, 5.74) is -0.986. The molecule has 0 radical (unpaired) electrons. The predicted octanol–water partition coefficient (Wildman–Crippen LogP) is 8.97. The van der Waals surface area contributed by atoms with Gasteiger partial charge in [0, 0.05) is 0 Å². The Hall–Kier alpha value is -4.34. The largest absolute Gasteiger partial charge is 0.493 e. The Morgan fingerprint density at radius 3 is 1.02 bits per heavy atom. The van der Waals surface area contributed by atoms with Crippen molar-refractivity contribution in [3.63, 3.8) is 0 Å². The minimum Gasteiger partial charge on any atom is -0.493 e. The van der Waals surface area contributed by atoms with Crippen LogP contribution in [0.1, 0.15) is 62.8 Å². The van der Waals surface area contributed by atoms with E-state index in [-0.39, 0.29) is 12.2 Å². The summed E-state index contributed by atoms with van der Waals surface area (Å²) in [6.45, 7) is 7.68. The molecule has 6 nitrogen and oxygen atoms in total. The first kappa shape index (κ1) is 34.2. The molecular formula is C34H38F4O6. The molecule has 10 heteroatoms. The molecule has 0 aromatic heterocycles. The van der Waals surface area contributed by atoms with Crippen LogP contribution in [0.5, 0.6) is 34.5 Å². The third kappa shape index (κ3) is 7.59. The topological polar surface area (TPSA) is 55.4 Å². The number of hydrogen-bond donors (Lipinski definition) is 0. The molecule has 3 rings (SSSR count). The van der Waals surface area contributed by atoms with Gasteiger partial charge in [-0.05, 0) is 74.2 Å². The molecule has 238 valence electrons. The molecule has 3 aromatic rings. The Labute approximate surface area is 255 Å². The fourth-order valence-corrected chi connectivity index (χ4v) is 4.11. The number of methoxy groups -OCH3 is 4. The van der Waals surface area contributed by atoms with E-state index in [0.717, 1.165) is 25.0 Å². The van der Waals surface area contributed by atoms with E-state index in [1.54, 1.807) is 24.3 Å². The summed E-state index contributed by atoms with van der Waals surface area (Å²) in [5.74, 6) is -4.23. The molecule has 0 heterocycles. The van der Waals surface area contributed by atoms with Crippen LogP contribution in [0.2, 0.25) is 0 Å². The Morgan fingerprint density at radius 2 is 0.795 bits per heavy atom.